The summed E-state index contributed by atoms with van der Waals surface area (Å²) in [5.74, 6) is -0.0391. The second-order valence-corrected chi connectivity index (χ2v) is 6.40. The van der Waals surface area contributed by atoms with Gasteiger partial charge in [-0.3, -0.25) is 9.59 Å². The van der Waals surface area contributed by atoms with Crippen LogP contribution in [0.25, 0.3) is 0 Å². The highest BCUT2D eigenvalue weighted by atomic mass is 16.7. The first kappa shape index (κ1) is 21.9. The Balaban J connectivity index is 1.65. The van der Waals surface area contributed by atoms with E-state index in [2.05, 4.69) is 15.4 Å². The smallest absolute Gasteiger partial charge is 0.434 e. The Hall–Kier alpha value is -3.35. The quantitative estimate of drug-likeness (QED) is 0.385. The zero-order chi connectivity index (χ0) is 21.1. The van der Waals surface area contributed by atoms with E-state index in [1.54, 1.807) is 19.1 Å². The van der Waals surface area contributed by atoms with Gasteiger partial charge in [-0.05, 0) is 50.1 Å². The van der Waals surface area contributed by atoms with Crippen molar-refractivity contribution in [3.8, 4) is 5.75 Å². The Morgan fingerprint density at radius 2 is 1.55 bits per heavy atom. The van der Waals surface area contributed by atoms with Crippen LogP contribution in [0.5, 0.6) is 5.75 Å². The highest BCUT2D eigenvalue weighted by Gasteiger charge is 2.08. The topological polar surface area (TPSA) is 93.7 Å². The molecule has 2 aromatic rings. The molecule has 0 heterocycles. The van der Waals surface area contributed by atoms with Gasteiger partial charge in [-0.15, -0.1) is 0 Å². The predicted octanol–water partition coefficient (Wildman–Crippen LogP) is 3.01. The molecule has 0 radical (unpaired) electrons. The summed E-state index contributed by atoms with van der Waals surface area (Å²) in [6.45, 7) is 4.60. The van der Waals surface area contributed by atoms with E-state index >= 15 is 0 Å². The van der Waals surface area contributed by atoms with Gasteiger partial charge in [-0.1, -0.05) is 29.8 Å². The van der Waals surface area contributed by atoms with Gasteiger partial charge in [-0.2, -0.15) is 0 Å². The summed E-state index contributed by atoms with van der Waals surface area (Å²) in [4.78, 5) is 35.2. The van der Waals surface area contributed by atoms with Crippen molar-refractivity contribution in [2.24, 2.45) is 0 Å². The third-order valence-corrected chi connectivity index (χ3v) is 4.07. The van der Waals surface area contributed by atoms with Gasteiger partial charge in [0.2, 0.25) is 5.91 Å². The van der Waals surface area contributed by atoms with Crippen LogP contribution in [0.1, 0.15) is 34.8 Å². The molecule has 0 aliphatic heterocycles. The molecule has 0 unspecified atom stereocenters. The number of rotatable bonds is 9. The maximum atomic E-state index is 12.1. The molecule has 2 N–H and O–H groups in total. The third-order valence-electron chi connectivity index (χ3n) is 4.07. The molecule has 0 spiro atoms. The molecular formula is C22H26N2O5. The molecule has 0 saturated heterocycles. The van der Waals surface area contributed by atoms with E-state index in [9.17, 15) is 14.4 Å². The predicted molar refractivity (Wildman–Crippen MR) is 109 cm³/mol. The molecule has 154 valence electrons. The van der Waals surface area contributed by atoms with Crippen molar-refractivity contribution in [3.63, 3.8) is 0 Å². The van der Waals surface area contributed by atoms with Crippen molar-refractivity contribution in [2.75, 3.05) is 19.7 Å². The standard InChI is InChI=1S/C22H26N2O5/c1-3-28-22(27)29-19-11-9-18(10-12-19)21(26)24-15-14-23-20(25)13-8-17-6-4-16(2)5-7-17/h4-7,9-12H,3,8,13-15H2,1-2H3,(H,23,25)(H,24,26). The molecule has 0 atom stereocenters. The first-order valence-corrected chi connectivity index (χ1v) is 9.53. The Kier molecular flexibility index (Phi) is 8.69. The van der Waals surface area contributed by atoms with Crippen LogP contribution in [0.2, 0.25) is 0 Å². The van der Waals surface area contributed by atoms with Crippen molar-refractivity contribution in [3.05, 3.63) is 65.2 Å². The second-order valence-electron chi connectivity index (χ2n) is 6.40. The molecule has 0 bridgehead atoms. The molecule has 29 heavy (non-hydrogen) atoms. The number of nitrogens with one attached hydrogen (secondary N) is 2. The molecule has 7 nitrogen and oxygen atoms in total. The fourth-order valence-electron chi connectivity index (χ4n) is 2.50. The summed E-state index contributed by atoms with van der Waals surface area (Å²) < 4.78 is 9.62. The van der Waals surface area contributed by atoms with Crippen LogP contribution >= 0.6 is 0 Å². The van der Waals surface area contributed by atoms with Gasteiger partial charge in [0.1, 0.15) is 5.75 Å². The molecule has 0 aromatic heterocycles. The second kappa shape index (κ2) is 11.5. The van der Waals surface area contributed by atoms with Crippen molar-refractivity contribution in [1.82, 2.24) is 10.6 Å². The van der Waals surface area contributed by atoms with Crippen molar-refractivity contribution < 1.29 is 23.9 Å². The SMILES string of the molecule is CCOC(=O)Oc1ccc(C(=O)NCCNC(=O)CCc2ccc(C)cc2)cc1. The van der Waals surface area contributed by atoms with E-state index in [1.165, 1.54) is 17.7 Å². The minimum absolute atomic E-state index is 0.0553. The maximum absolute atomic E-state index is 12.1. The summed E-state index contributed by atoms with van der Waals surface area (Å²) in [6.07, 6.45) is 0.292. The zero-order valence-corrected chi connectivity index (χ0v) is 16.7. The maximum Gasteiger partial charge on any atom is 0.513 e. The molecule has 2 rings (SSSR count). The van der Waals surface area contributed by atoms with E-state index in [4.69, 9.17) is 4.74 Å². The van der Waals surface area contributed by atoms with Crippen molar-refractivity contribution in [1.29, 1.82) is 0 Å². The first-order valence-electron chi connectivity index (χ1n) is 9.53. The molecule has 0 saturated carbocycles. The lowest BCUT2D eigenvalue weighted by Crippen LogP contribution is -2.34. The number of amides is 2. The van der Waals surface area contributed by atoms with Crippen LogP contribution in [0.4, 0.5) is 4.79 Å². The Labute approximate surface area is 170 Å². The lowest BCUT2D eigenvalue weighted by Gasteiger charge is -2.08. The minimum Gasteiger partial charge on any atom is -0.434 e. The molecule has 2 amide bonds. The fourth-order valence-corrected chi connectivity index (χ4v) is 2.50. The van der Waals surface area contributed by atoms with Crippen LogP contribution in [-0.2, 0) is 16.0 Å². The van der Waals surface area contributed by atoms with Crippen molar-refractivity contribution in [2.45, 2.75) is 26.7 Å². The van der Waals surface area contributed by atoms with Crippen molar-refractivity contribution >= 4 is 18.0 Å². The molecule has 0 aliphatic carbocycles. The number of hydrogen-bond donors (Lipinski definition) is 2. The van der Waals surface area contributed by atoms with E-state index in [-0.39, 0.29) is 18.4 Å². The minimum atomic E-state index is -0.789. The summed E-state index contributed by atoms with van der Waals surface area (Å²) in [7, 11) is 0. The van der Waals surface area contributed by atoms with Gasteiger partial charge in [0.25, 0.3) is 5.91 Å². The van der Waals surface area contributed by atoms with Crippen LogP contribution in [0.15, 0.2) is 48.5 Å². The highest BCUT2D eigenvalue weighted by molar-refractivity contribution is 5.94. The number of carbonyl (C=O) groups is 3. The summed E-state index contributed by atoms with van der Waals surface area (Å²) in [6, 6.07) is 14.2. The Bertz CT molecular complexity index is 816. The first-order chi connectivity index (χ1) is 14.0. The van der Waals surface area contributed by atoms with Gasteiger partial charge in [0.05, 0.1) is 6.61 Å². The van der Waals surface area contributed by atoms with Gasteiger partial charge < -0.3 is 20.1 Å². The Morgan fingerprint density at radius 3 is 2.21 bits per heavy atom. The summed E-state index contributed by atoms with van der Waals surface area (Å²) >= 11 is 0. The molecular weight excluding hydrogens is 372 g/mol. The number of benzene rings is 2. The third kappa shape index (κ3) is 8.04. The van der Waals surface area contributed by atoms with Gasteiger partial charge in [0, 0.05) is 25.1 Å². The van der Waals surface area contributed by atoms with E-state index in [0.717, 1.165) is 5.56 Å². The lowest BCUT2D eigenvalue weighted by molar-refractivity contribution is -0.121. The zero-order valence-electron chi connectivity index (χ0n) is 16.7. The average molecular weight is 398 g/mol. The van der Waals surface area contributed by atoms with E-state index in [0.29, 0.717) is 37.2 Å². The van der Waals surface area contributed by atoms with Crippen LogP contribution in [0.3, 0.4) is 0 Å². The monoisotopic (exact) mass is 398 g/mol. The summed E-state index contributed by atoms with van der Waals surface area (Å²) in [5, 5.41) is 5.52. The van der Waals surface area contributed by atoms with Crippen LogP contribution in [-0.4, -0.2) is 37.7 Å². The number of ether oxygens (including phenoxy) is 2. The van der Waals surface area contributed by atoms with Crippen LogP contribution < -0.4 is 15.4 Å². The normalized spacial score (nSPS) is 10.1. The molecule has 2 aromatic carbocycles. The summed E-state index contributed by atoms with van der Waals surface area (Å²) in [5.41, 5.74) is 2.73. The molecule has 0 aliphatic rings. The largest absolute Gasteiger partial charge is 0.513 e. The van der Waals surface area contributed by atoms with Gasteiger partial charge in [0.15, 0.2) is 0 Å². The fraction of sp³-hybridized carbons (Fsp3) is 0.318. The molecule has 7 heteroatoms. The van der Waals surface area contributed by atoms with E-state index in [1.807, 2.05) is 31.2 Å². The van der Waals surface area contributed by atoms with Gasteiger partial charge in [-0.25, -0.2) is 4.79 Å². The average Bonchev–Trinajstić information content (AvgIpc) is 2.71. The number of hydrogen-bond acceptors (Lipinski definition) is 5. The lowest BCUT2D eigenvalue weighted by atomic mass is 10.1. The van der Waals surface area contributed by atoms with Gasteiger partial charge >= 0.3 is 6.16 Å². The highest BCUT2D eigenvalue weighted by Crippen LogP contribution is 2.13. The molecule has 0 fully saturated rings. The Morgan fingerprint density at radius 1 is 0.897 bits per heavy atom. The van der Waals surface area contributed by atoms with Crippen LogP contribution in [0, 0.1) is 6.92 Å². The van der Waals surface area contributed by atoms with E-state index < -0.39 is 6.16 Å². The number of carbonyl (C=O) groups excluding carboxylic acids is 3. The number of aryl methyl sites for hydroxylation is 2.